The van der Waals surface area contributed by atoms with Crippen molar-refractivity contribution in [1.82, 2.24) is 20.2 Å². The number of rotatable bonds is 6. The summed E-state index contributed by atoms with van der Waals surface area (Å²) < 4.78 is 0. The van der Waals surface area contributed by atoms with Crippen LogP contribution in [0.2, 0.25) is 5.02 Å². The number of amides is 1. The summed E-state index contributed by atoms with van der Waals surface area (Å²) in [7, 11) is 0. The lowest BCUT2D eigenvalue weighted by atomic mass is 10.0. The van der Waals surface area contributed by atoms with Crippen LogP contribution in [0.25, 0.3) is 22.3 Å². The molecule has 4 aromatic rings. The predicted molar refractivity (Wildman–Crippen MR) is 142 cm³/mol. The summed E-state index contributed by atoms with van der Waals surface area (Å²) in [5.74, 6) is -0.0854. The number of carbonyl (C=O) groups excluding carboxylic acids is 1. The summed E-state index contributed by atoms with van der Waals surface area (Å²) in [6.07, 6.45) is 1.74. The van der Waals surface area contributed by atoms with Crippen LogP contribution in [0, 0.1) is 6.92 Å². The SMILES string of the molecule is Cc1ccc2nc(-c3ccccn3)cc(C(=O)NCCN3CCN(c4cccc(Cl)c4)CC3)c2c1. The fraction of sp³-hybridized carbons (Fsp3) is 0.250. The lowest BCUT2D eigenvalue weighted by Crippen LogP contribution is -2.48. The van der Waals surface area contributed by atoms with Gasteiger partial charge in [0.1, 0.15) is 0 Å². The number of piperazine rings is 1. The molecule has 2 aromatic heterocycles. The van der Waals surface area contributed by atoms with Gasteiger partial charge in [-0.3, -0.25) is 14.7 Å². The van der Waals surface area contributed by atoms with Crippen LogP contribution < -0.4 is 10.2 Å². The van der Waals surface area contributed by atoms with Crippen molar-refractivity contribution < 1.29 is 4.79 Å². The van der Waals surface area contributed by atoms with Crippen LogP contribution in [-0.4, -0.2) is 60.0 Å². The Morgan fingerprint density at radius 1 is 0.971 bits per heavy atom. The van der Waals surface area contributed by atoms with Gasteiger partial charge in [-0.1, -0.05) is 35.4 Å². The molecule has 3 heterocycles. The fourth-order valence-electron chi connectivity index (χ4n) is 4.50. The van der Waals surface area contributed by atoms with Gasteiger partial charge in [0, 0.05) is 61.6 Å². The highest BCUT2D eigenvalue weighted by Gasteiger charge is 2.18. The molecule has 0 atom stereocenters. The minimum Gasteiger partial charge on any atom is -0.369 e. The summed E-state index contributed by atoms with van der Waals surface area (Å²) in [6.45, 7) is 7.20. The van der Waals surface area contributed by atoms with Crippen LogP contribution in [0.5, 0.6) is 0 Å². The third-order valence-corrected chi connectivity index (χ3v) is 6.63. The van der Waals surface area contributed by atoms with Gasteiger partial charge in [0.05, 0.1) is 22.5 Å². The Labute approximate surface area is 210 Å². The van der Waals surface area contributed by atoms with Crippen LogP contribution >= 0.6 is 11.6 Å². The van der Waals surface area contributed by atoms with Gasteiger partial charge in [0.2, 0.25) is 0 Å². The topological polar surface area (TPSA) is 61.4 Å². The fourth-order valence-corrected chi connectivity index (χ4v) is 4.68. The summed E-state index contributed by atoms with van der Waals surface area (Å²) in [5.41, 5.74) is 5.13. The third kappa shape index (κ3) is 5.45. The second-order valence-corrected chi connectivity index (χ2v) is 9.29. The maximum Gasteiger partial charge on any atom is 0.252 e. The number of hydrogen-bond acceptors (Lipinski definition) is 5. The zero-order valence-corrected chi connectivity index (χ0v) is 20.5. The van der Waals surface area contributed by atoms with Gasteiger partial charge in [0.15, 0.2) is 0 Å². The standard InChI is InChI=1S/C28H28ClN5O/c1-20-8-9-25-23(17-20)24(19-27(32-25)26-7-2-3-10-30-26)28(35)31-11-12-33-13-15-34(16-14-33)22-6-4-5-21(29)18-22/h2-10,17-19H,11-16H2,1H3,(H,31,35). The van der Waals surface area contributed by atoms with Crippen molar-refractivity contribution in [2.24, 2.45) is 0 Å². The van der Waals surface area contributed by atoms with Crippen molar-refractivity contribution in [3.8, 4) is 11.4 Å². The normalized spacial score (nSPS) is 14.3. The number of pyridine rings is 2. The van der Waals surface area contributed by atoms with Crippen LogP contribution in [-0.2, 0) is 0 Å². The molecule has 0 aliphatic carbocycles. The molecule has 2 aromatic carbocycles. The highest BCUT2D eigenvalue weighted by atomic mass is 35.5. The van der Waals surface area contributed by atoms with E-state index in [1.54, 1.807) is 6.20 Å². The molecule has 178 valence electrons. The number of benzene rings is 2. The van der Waals surface area contributed by atoms with E-state index in [9.17, 15) is 4.79 Å². The van der Waals surface area contributed by atoms with E-state index in [0.29, 0.717) is 17.8 Å². The maximum atomic E-state index is 13.3. The van der Waals surface area contributed by atoms with Gasteiger partial charge in [0.25, 0.3) is 5.91 Å². The Morgan fingerprint density at radius 3 is 2.60 bits per heavy atom. The van der Waals surface area contributed by atoms with Crippen LogP contribution in [0.1, 0.15) is 15.9 Å². The largest absolute Gasteiger partial charge is 0.369 e. The molecule has 1 aliphatic heterocycles. The molecule has 0 unspecified atom stereocenters. The number of fused-ring (bicyclic) bond motifs is 1. The van der Waals surface area contributed by atoms with Crippen molar-refractivity contribution in [3.63, 3.8) is 0 Å². The van der Waals surface area contributed by atoms with E-state index in [4.69, 9.17) is 16.6 Å². The second-order valence-electron chi connectivity index (χ2n) is 8.86. The first-order valence-electron chi connectivity index (χ1n) is 11.9. The van der Waals surface area contributed by atoms with Crippen molar-refractivity contribution >= 4 is 34.1 Å². The van der Waals surface area contributed by atoms with E-state index in [1.807, 2.05) is 67.6 Å². The van der Waals surface area contributed by atoms with E-state index in [-0.39, 0.29) is 5.91 Å². The number of halogens is 1. The van der Waals surface area contributed by atoms with Crippen LogP contribution in [0.4, 0.5) is 5.69 Å². The van der Waals surface area contributed by atoms with Crippen LogP contribution in [0.15, 0.2) is 72.9 Å². The van der Waals surface area contributed by atoms with E-state index in [2.05, 4.69) is 26.2 Å². The third-order valence-electron chi connectivity index (χ3n) is 6.40. The number of aromatic nitrogens is 2. The van der Waals surface area contributed by atoms with E-state index in [0.717, 1.165) is 65.6 Å². The summed E-state index contributed by atoms with van der Waals surface area (Å²) >= 11 is 6.15. The molecule has 1 amide bonds. The zero-order valence-electron chi connectivity index (χ0n) is 19.7. The minimum absolute atomic E-state index is 0.0854. The number of nitrogens with zero attached hydrogens (tertiary/aromatic N) is 4. The Bertz CT molecular complexity index is 1340. The molecule has 1 N–H and O–H groups in total. The number of hydrogen-bond donors (Lipinski definition) is 1. The van der Waals surface area contributed by atoms with Crippen molar-refractivity contribution in [3.05, 3.63) is 89.1 Å². The molecule has 1 aliphatic rings. The number of anilines is 1. The van der Waals surface area contributed by atoms with Gasteiger partial charge in [-0.15, -0.1) is 0 Å². The number of carbonyl (C=O) groups is 1. The Hall–Kier alpha value is -3.48. The van der Waals surface area contributed by atoms with Crippen molar-refractivity contribution in [2.45, 2.75) is 6.92 Å². The molecule has 1 fully saturated rings. The summed E-state index contributed by atoms with van der Waals surface area (Å²) in [6, 6.07) is 21.6. The lowest BCUT2D eigenvalue weighted by molar-refractivity contribution is 0.0949. The van der Waals surface area contributed by atoms with Gasteiger partial charge in [-0.2, -0.15) is 0 Å². The number of nitrogens with one attached hydrogen (secondary N) is 1. The minimum atomic E-state index is -0.0854. The van der Waals surface area contributed by atoms with Gasteiger partial charge in [-0.25, -0.2) is 4.98 Å². The molecular formula is C28H28ClN5O. The lowest BCUT2D eigenvalue weighted by Gasteiger charge is -2.36. The zero-order chi connectivity index (χ0) is 24.2. The molecule has 5 rings (SSSR count). The van der Waals surface area contributed by atoms with Crippen molar-refractivity contribution in [1.29, 1.82) is 0 Å². The number of aryl methyl sites for hydroxylation is 1. The summed E-state index contributed by atoms with van der Waals surface area (Å²) in [5, 5.41) is 4.75. The first-order chi connectivity index (χ1) is 17.1. The van der Waals surface area contributed by atoms with E-state index >= 15 is 0 Å². The second kappa shape index (κ2) is 10.4. The first-order valence-corrected chi connectivity index (χ1v) is 12.3. The van der Waals surface area contributed by atoms with Crippen molar-refractivity contribution in [2.75, 3.05) is 44.2 Å². The van der Waals surface area contributed by atoms with Gasteiger partial charge < -0.3 is 10.2 Å². The molecule has 0 radical (unpaired) electrons. The molecular weight excluding hydrogens is 458 g/mol. The highest BCUT2D eigenvalue weighted by Crippen LogP contribution is 2.25. The van der Waals surface area contributed by atoms with Gasteiger partial charge in [-0.05, 0) is 55.5 Å². The summed E-state index contributed by atoms with van der Waals surface area (Å²) in [4.78, 5) is 27.2. The van der Waals surface area contributed by atoms with E-state index in [1.165, 1.54) is 0 Å². The highest BCUT2D eigenvalue weighted by molar-refractivity contribution is 6.30. The Balaban J connectivity index is 1.24. The first kappa shape index (κ1) is 23.3. The Morgan fingerprint density at radius 2 is 1.83 bits per heavy atom. The smallest absolute Gasteiger partial charge is 0.252 e. The quantitative estimate of drug-likeness (QED) is 0.424. The monoisotopic (exact) mass is 485 g/mol. The van der Waals surface area contributed by atoms with E-state index < -0.39 is 0 Å². The van der Waals surface area contributed by atoms with Gasteiger partial charge >= 0.3 is 0 Å². The molecule has 1 saturated heterocycles. The molecule has 0 spiro atoms. The molecule has 7 heteroatoms. The molecule has 6 nitrogen and oxygen atoms in total. The molecule has 0 bridgehead atoms. The molecule has 0 saturated carbocycles. The predicted octanol–water partition coefficient (Wildman–Crippen LogP) is 4.81. The Kier molecular flexibility index (Phi) is 6.93. The average Bonchev–Trinajstić information content (AvgIpc) is 2.89. The molecule has 35 heavy (non-hydrogen) atoms. The average molecular weight is 486 g/mol. The van der Waals surface area contributed by atoms with Crippen LogP contribution in [0.3, 0.4) is 0 Å². The maximum absolute atomic E-state index is 13.3.